The summed E-state index contributed by atoms with van der Waals surface area (Å²) in [5.74, 6) is 0.600. The molecule has 1 N–H and O–H groups in total. The number of nitrogens with one attached hydrogen (secondary N) is 1. The Morgan fingerprint density at radius 2 is 1.03 bits per heavy atom. The van der Waals surface area contributed by atoms with Crippen LogP contribution in [-0.4, -0.2) is 35.8 Å². The van der Waals surface area contributed by atoms with Gasteiger partial charge in [-0.05, 0) is 32.6 Å². The van der Waals surface area contributed by atoms with Gasteiger partial charge in [0.25, 0.3) is 0 Å². The number of hydrogen-bond acceptors (Lipinski definition) is 4. The van der Waals surface area contributed by atoms with E-state index < -0.39 is 8.97 Å². The van der Waals surface area contributed by atoms with Gasteiger partial charge in [0.05, 0.1) is 0 Å². The van der Waals surface area contributed by atoms with Crippen molar-refractivity contribution >= 4 is 21.4 Å². The van der Waals surface area contributed by atoms with E-state index in [0.29, 0.717) is 5.92 Å². The van der Waals surface area contributed by atoms with Crippen molar-refractivity contribution in [3.8, 4) is 0 Å². The first-order valence-corrected chi connectivity index (χ1v) is 14.1. The van der Waals surface area contributed by atoms with E-state index in [4.69, 9.17) is 13.3 Å². The minimum absolute atomic E-state index is 0. The molecule has 0 aliphatic carbocycles. The molecule has 0 aromatic heterocycles. The first-order valence-electron chi connectivity index (χ1n) is 12.4. The predicted molar refractivity (Wildman–Crippen MR) is 135 cm³/mol. The molecule has 0 saturated heterocycles. The van der Waals surface area contributed by atoms with E-state index in [-0.39, 0.29) is 17.9 Å². The highest BCUT2D eigenvalue weighted by Gasteiger charge is 2.46. The van der Waals surface area contributed by atoms with Crippen LogP contribution in [0.15, 0.2) is 0 Å². The molecule has 0 spiro atoms. The molecule has 0 bridgehead atoms. The summed E-state index contributed by atoms with van der Waals surface area (Å²) in [6.07, 6.45) is 20.5. The maximum Gasteiger partial charge on any atom is 0.596 e. The Hall–Kier alpha value is 0.347. The molecule has 0 aliphatic rings. The maximum atomic E-state index is 5.60. The second-order valence-corrected chi connectivity index (χ2v) is 11.8. The van der Waals surface area contributed by atoms with Gasteiger partial charge in [0.2, 0.25) is 0 Å². The molecule has 0 aliphatic heterocycles. The molecule has 0 amide bonds. The SMILES string of the molecule is CCCCCCCCCCCCCCC(CCC)C(C)(C)N[Si](OC)(OC)OC.Cl. The summed E-state index contributed by atoms with van der Waals surface area (Å²) >= 11 is 0. The van der Waals surface area contributed by atoms with Crippen LogP contribution in [0.5, 0.6) is 0 Å². The van der Waals surface area contributed by atoms with Crippen molar-refractivity contribution in [2.75, 3.05) is 21.3 Å². The Morgan fingerprint density at radius 3 is 1.40 bits per heavy atom. The Kier molecular flexibility index (Phi) is 21.7. The van der Waals surface area contributed by atoms with E-state index in [0.717, 1.165) is 0 Å². The topological polar surface area (TPSA) is 39.7 Å². The van der Waals surface area contributed by atoms with Crippen molar-refractivity contribution in [1.29, 1.82) is 0 Å². The summed E-state index contributed by atoms with van der Waals surface area (Å²) < 4.78 is 16.8. The number of unbranched alkanes of at least 4 members (excludes halogenated alkanes) is 11. The molecule has 1 unspecified atom stereocenters. The van der Waals surface area contributed by atoms with Gasteiger partial charge in [0.1, 0.15) is 0 Å². The van der Waals surface area contributed by atoms with Gasteiger partial charge in [-0.25, -0.2) is 0 Å². The van der Waals surface area contributed by atoms with Crippen LogP contribution in [0.2, 0.25) is 0 Å². The zero-order valence-corrected chi connectivity index (χ0v) is 23.1. The number of halogens is 1. The Balaban J connectivity index is 0. The lowest BCUT2D eigenvalue weighted by Gasteiger charge is -2.40. The second kappa shape index (κ2) is 20.0. The summed E-state index contributed by atoms with van der Waals surface area (Å²) in [7, 11) is 2.23. The minimum Gasteiger partial charge on any atom is -0.364 e. The van der Waals surface area contributed by atoms with Crippen molar-refractivity contribution in [2.24, 2.45) is 5.92 Å². The van der Waals surface area contributed by atoms with E-state index in [1.165, 1.54) is 96.3 Å². The quantitative estimate of drug-likeness (QED) is 0.139. The van der Waals surface area contributed by atoms with Crippen LogP contribution in [0.1, 0.15) is 124 Å². The van der Waals surface area contributed by atoms with Crippen LogP contribution in [-0.2, 0) is 13.3 Å². The molecule has 0 aromatic rings. The van der Waals surface area contributed by atoms with Crippen LogP contribution in [0, 0.1) is 5.92 Å². The zero-order chi connectivity index (χ0) is 22.0. The molecule has 4 nitrogen and oxygen atoms in total. The molecule has 1 atom stereocenters. The van der Waals surface area contributed by atoms with Crippen LogP contribution in [0.4, 0.5) is 0 Å². The van der Waals surface area contributed by atoms with Crippen molar-refractivity contribution in [1.82, 2.24) is 4.98 Å². The van der Waals surface area contributed by atoms with Crippen molar-refractivity contribution < 1.29 is 13.3 Å². The summed E-state index contributed by atoms with van der Waals surface area (Å²) in [5.41, 5.74) is -0.0674. The standard InChI is InChI=1S/C24H53NO3Si.ClH/c1-8-10-11-12-13-14-15-16-17-18-19-20-22-23(21-9-2)24(3,4)25-29(26-5,27-6)28-7;/h23,25H,8-22H2,1-7H3;1H. The molecule has 0 saturated carbocycles. The van der Waals surface area contributed by atoms with Crippen LogP contribution in [0.3, 0.4) is 0 Å². The van der Waals surface area contributed by atoms with Crippen molar-refractivity contribution in [2.45, 2.75) is 130 Å². The largest absolute Gasteiger partial charge is 0.596 e. The predicted octanol–water partition coefficient (Wildman–Crippen LogP) is 7.66. The summed E-state index contributed by atoms with van der Waals surface area (Å²) in [6.45, 7) is 9.11. The molecular formula is C24H54ClNO3Si. The van der Waals surface area contributed by atoms with E-state index in [9.17, 15) is 0 Å². The molecule has 0 heterocycles. The fraction of sp³-hybridized carbons (Fsp3) is 1.00. The van der Waals surface area contributed by atoms with Gasteiger partial charge < -0.3 is 13.3 Å². The van der Waals surface area contributed by atoms with Gasteiger partial charge in [0, 0.05) is 26.9 Å². The van der Waals surface area contributed by atoms with Crippen molar-refractivity contribution in [3.05, 3.63) is 0 Å². The van der Waals surface area contributed by atoms with Crippen LogP contribution in [0.25, 0.3) is 0 Å². The monoisotopic (exact) mass is 467 g/mol. The van der Waals surface area contributed by atoms with E-state index in [1.54, 1.807) is 21.3 Å². The normalized spacial score (nSPS) is 13.3. The third kappa shape index (κ3) is 14.4. The van der Waals surface area contributed by atoms with Gasteiger partial charge in [-0.3, -0.25) is 4.98 Å². The molecule has 6 heteroatoms. The number of hydrogen-bond donors (Lipinski definition) is 1. The highest BCUT2D eigenvalue weighted by Crippen LogP contribution is 2.29. The van der Waals surface area contributed by atoms with E-state index in [1.807, 2.05) is 0 Å². The average molecular weight is 468 g/mol. The average Bonchev–Trinajstić information content (AvgIpc) is 2.72. The molecule has 0 rings (SSSR count). The Bertz CT molecular complexity index is 360. The van der Waals surface area contributed by atoms with Gasteiger partial charge in [-0.1, -0.05) is 97.3 Å². The molecular weight excluding hydrogens is 414 g/mol. The highest BCUT2D eigenvalue weighted by atomic mass is 35.5. The smallest absolute Gasteiger partial charge is 0.364 e. The van der Waals surface area contributed by atoms with E-state index >= 15 is 0 Å². The van der Waals surface area contributed by atoms with E-state index in [2.05, 4.69) is 32.7 Å². The Morgan fingerprint density at radius 1 is 0.633 bits per heavy atom. The number of rotatable bonds is 21. The lowest BCUT2D eigenvalue weighted by molar-refractivity contribution is 0.0856. The summed E-state index contributed by atoms with van der Waals surface area (Å²) in [6, 6.07) is 0. The van der Waals surface area contributed by atoms with Crippen LogP contribution < -0.4 is 4.98 Å². The van der Waals surface area contributed by atoms with Gasteiger partial charge in [0.15, 0.2) is 0 Å². The van der Waals surface area contributed by atoms with Gasteiger partial charge in [-0.2, -0.15) is 0 Å². The van der Waals surface area contributed by atoms with Gasteiger partial charge in [-0.15, -0.1) is 12.4 Å². The minimum atomic E-state index is -2.78. The first kappa shape index (κ1) is 32.5. The first-order chi connectivity index (χ1) is 13.9. The third-order valence-corrected chi connectivity index (χ3v) is 8.91. The van der Waals surface area contributed by atoms with Gasteiger partial charge >= 0.3 is 8.97 Å². The van der Waals surface area contributed by atoms with Crippen LogP contribution >= 0.6 is 12.4 Å². The molecule has 0 fully saturated rings. The molecule has 30 heavy (non-hydrogen) atoms. The third-order valence-electron chi connectivity index (χ3n) is 6.35. The second-order valence-electron chi connectivity index (χ2n) is 9.18. The molecule has 184 valence electrons. The lowest BCUT2D eigenvalue weighted by Crippen LogP contribution is -2.66. The fourth-order valence-electron chi connectivity index (χ4n) is 4.35. The summed E-state index contributed by atoms with van der Waals surface area (Å²) in [4.78, 5) is 3.61. The zero-order valence-electron chi connectivity index (χ0n) is 21.3. The summed E-state index contributed by atoms with van der Waals surface area (Å²) in [5, 5.41) is 0. The lowest BCUT2D eigenvalue weighted by atomic mass is 9.81. The molecule has 0 aromatic carbocycles. The Labute approximate surface area is 196 Å². The highest BCUT2D eigenvalue weighted by molar-refractivity contribution is 6.57. The maximum absolute atomic E-state index is 5.60. The molecule has 0 radical (unpaired) electrons. The van der Waals surface area contributed by atoms with Crippen molar-refractivity contribution in [3.63, 3.8) is 0 Å². The fourth-order valence-corrected chi connectivity index (χ4v) is 6.15.